The summed E-state index contributed by atoms with van der Waals surface area (Å²) in [4.78, 5) is 18.3. The second kappa shape index (κ2) is 29.3. The van der Waals surface area contributed by atoms with E-state index in [4.69, 9.17) is 0 Å². The first-order valence-corrected chi connectivity index (χ1v) is 32.9. The van der Waals surface area contributed by atoms with Gasteiger partial charge in [-0.25, -0.2) is 4.39 Å². The summed E-state index contributed by atoms with van der Waals surface area (Å²) in [5.74, 6) is 6.00. The van der Waals surface area contributed by atoms with E-state index in [1.54, 1.807) is 6.07 Å². The Morgan fingerprint density at radius 3 is 0.949 bits per heavy atom. The van der Waals surface area contributed by atoms with Gasteiger partial charge in [-0.2, -0.15) is 0 Å². The highest BCUT2D eigenvalue weighted by molar-refractivity contribution is 5.28. The normalized spacial score (nSPS) is 24.6. The van der Waals surface area contributed by atoms with Crippen LogP contribution in [0.25, 0.3) is 0 Å². The molecule has 7 aliphatic heterocycles. The molecule has 10 rings (SSSR count). The molecular weight excluding hydrogens is 970 g/mol. The largest absolute Gasteiger partial charge is 0.301 e. The molecule has 1 aliphatic carbocycles. The van der Waals surface area contributed by atoms with Crippen molar-refractivity contribution in [2.45, 2.75) is 251 Å². The molecule has 2 aromatic rings. The first-order valence-electron chi connectivity index (χ1n) is 32.9. The second-order valence-corrected chi connectivity index (χ2v) is 30.7. The molecule has 1 saturated carbocycles. The van der Waals surface area contributed by atoms with Gasteiger partial charge in [0.1, 0.15) is 5.82 Å². The van der Waals surface area contributed by atoms with Crippen LogP contribution in [0.4, 0.5) is 4.39 Å². The zero-order valence-electron chi connectivity index (χ0n) is 56.2. The lowest BCUT2D eigenvalue weighted by Crippen LogP contribution is -2.73. The van der Waals surface area contributed by atoms with E-state index in [2.05, 4.69) is 211 Å². The molecule has 3 spiro atoms. The van der Waals surface area contributed by atoms with E-state index in [0.29, 0.717) is 34.0 Å². The minimum atomic E-state index is -0.0683. The average molecular weight is 1100 g/mol. The van der Waals surface area contributed by atoms with Gasteiger partial charge in [-0.3, -0.25) is 19.6 Å². The molecule has 454 valence electrons. The Balaban J connectivity index is 0.000000175. The number of piperidine rings is 2. The molecule has 2 atom stereocenters. The number of nitrogens with zero attached hydrogens (tertiary/aromatic N) is 7. The van der Waals surface area contributed by atoms with Gasteiger partial charge < -0.3 is 14.7 Å². The lowest BCUT2D eigenvalue weighted by molar-refractivity contribution is -0.135. The molecule has 7 heterocycles. The minimum absolute atomic E-state index is 0.0683. The molecule has 7 nitrogen and oxygen atoms in total. The highest BCUT2D eigenvalue weighted by atomic mass is 19.1. The summed E-state index contributed by atoms with van der Waals surface area (Å²) in [7, 11) is 0. The number of rotatable bonds is 12. The van der Waals surface area contributed by atoms with E-state index in [0.717, 1.165) is 77.1 Å². The summed E-state index contributed by atoms with van der Waals surface area (Å²) < 4.78 is 13.5. The van der Waals surface area contributed by atoms with E-state index in [-0.39, 0.29) is 11.7 Å². The number of hydrogen-bond acceptors (Lipinski definition) is 7. The lowest BCUT2D eigenvalue weighted by Gasteiger charge is -2.62. The van der Waals surface area contributed by atoms with Crippen LogP contribution in [0.2, 0.25) is 0 Å². The Morgan fingerprint density at radius 2 is 0.646 bits per heavy atom. The van der Waals surface area contributed by atoms with Crippen molar-refractivity contribution in [1.82, 2.24) is 34.3 Å². The summed E-state index contributed by atoms with van der Waals surface area (Å²) in [6.45, 7) is 73.0. The van der Waals surface area contributed by atoms with Crippen molar-refractivity contribution in [3.63, 3.8) is 0 Å². The fraction of sp³-hybridized carbons (Fsp3) is 0.831. The predicted octanol–water partition coefficient (Wildman–Crippen LogP) is 15.7. The smallest absolute Gasteiger partial charge is 0.126 e. The summed E-state index contributed by atoms with van der Waals surface area (Å²) in [6.07, 6.45) is 4.28. The van der Waals surface area contributed by atoms with Gasteiger partial charge in [0.25, 0.3) is 0 Å². The highest BCUT2D eigenvalue weighted by Crippen LogP contribution is 2.55. The van der Waals surface area contributed by atoms with Crippen molar-refractivity contribution < 1.29 is 4.39 Å². The third-order valence-corrected chi connectivity index (χ3v) is 20.4. The maximum absolute atomic E-state index is 13.5. The van der Waals surface area contributed by atoms with Crippen molar-refractivity contribution in [2.24, 2.45) is 39.9 Å². The van der Waals surface area contributed by atoms with Crippen molar-refractivity contribution in [3.05, 3.63) is 70.5 Å². The van der Waals surface area contributed by atoms with Gasteiger partial charge >= 0.3 is 0 Å². The maximum Gasteiger partial charge on any atom is 0.126 e. The Morgan fingerprint density at radius 1 is 0.342 bits per heavy atom. The molecule has 0 amide bonds. The highest BCUT2D eigenvalue weighted by Gasteiger charge is 2.57. The van der Waals surface area contributed by atoms with Gasteiger partial charge in [0.05, 0.1) is 0 Å². The van der Waals surface area contributed by atoms with Crippen LogP contribution < -0.4 is 0 Å². The summed E-state index contributed by atoms with van der Waals surface area (Å²) in [5, 5.41) is 0. The first kappa shape index (κ1) is 67.9. The van der Waals surface area contributed by atoms with Crippen LogP contribution in [0.15, 0.2) is 42.5 Å². The summed E-state index contributed by atoms with van der Waals surface area (Å²) >= 11 is 0. The van der Waals surface area contributed by atoms with E-state index < -0.39 is 0 Å². The Bertz CT molecular complexity index is 1980. The minimum Gasteiger partial charge on any atom is -0.301 e. The van der Waals surface area contributed by atoms with Crippen LogP contribution in [-0.2, 0) is 0 Å². The molecule has 0 N–H and O–H groups in total. The van der Waals surface area contributed by atoms with Crippen LogP contribution in [0, 0.1) is 45.7 Å². The average Bonchev–Trinajstić information content (AvgIpc) is 3.61. The van der Waals surface area contributed by atoms with Gasteiger partial charge in [-0.1, -0.05) is 106 Å². The quantitative estimate of drug-likeness (QED) is 0.209. The molecule has 0 aromatic heterocycles. The van der Waals surface area contributed by atoms with Crippen molar-refractivity contribution >= 4 is 0 Å². The van der Waals surface area contributed by atoms with E-state index in [9.17, 15) is 4.39 Å². The number of likely N-dealkylation sites (tertiary alicyclic amines) is 7. The van der Waals surface area contributed by atoms with Crippen LogP contribution >= 0.6 is 0 Å². The predicted molar refractivity (Wildman–Crippen MR) is 343 cm³/mol. The topological polar surface area (TPSA) is 22.7 Å². The number of hydrogen-bond donors (Lipinski definition) is 0. The monoisotopic (exact) mass is 1100 g/mol. The van der Waals surface area contributed by atoms with Crippen LogP contribution in [0.5, 0.6) is 0 Å². The molecule has 8 fully saturated rings. The zero-order valence-corrected chi connectivity index (χ0v) is 56.2. The zero-order chi connectivity index (χ0) is 59.1. The Labute approximate surface area is 489 Å². The van der Waals surface area contributed by atoms with Crippen molar-refractivity contribution in [3.8, 4) is 0 Å². The molecule has 2 aromatic carbocycles. The lowest BCUT2D eigenvalue weighted by atomic mass is 9.71. The maximum atomic E-state index is 13.5. The standard InChI is InChI=1S/C13H26N2.C12H17F.C12H24N2.C12H18.C11H22N2.C11H21N/c1-11(2)14-7-5-13(6-8-14)9-15(10-13)12(3)4;1-8(2)10-5-6-11(9(3)4)12(13)7-10;1-10(2)13-6-5-12(7-13)8-14(9-12)11(3)4;1-9(2)11-5-7-12(8-6-11)10(3)4;1-9(2)12-5-11(6-12)7-13(8-11)10(3)4;1-7(2)11-9-5-12(8(3)4)6-10(9)11/h11-12H,5-10H2,1-4H3;5-9H,1-4H3;10-11H,5-9H2,1-4H3;5-10H,1-4H3;9-10H,5-8H2,1-4H3;7-11H,5-6H2,1-4H3. The second-order valence-electron chi connectivity index (χ2n) is 30.7. The van der Waals surface area contributed by atoms with Crippen LogP contribution in [-0.4, -0.2) is 168 Å². The van der Waals surface area contributed by atoms with Crippen molar-refractivity contribution in [2.75, 3.05) is 91.6 Å². The van der Waals surface area contributed by atoms with Crippen LogP contribution in [0.1, 0.15) is 231 Å². The van der Waals surface area contributed by atoms with E-state index in [1.807, 2.05) is 26.0 Å². The summed E-state index contributed by atoms with van der Waals surface area (Å²) in [5.41, 5.74) is 6.82. The molecule has 0 bridgehead atoms. The van der Waals surface area contributed by atoms with Gasteiger partial charge in [0, 0.05) is 125 Å². The van der Waals surface area contributed by atoms with E-state index in [1.165, 1.54) is 122 Å². The number of fused-ring (bicyclic) bond motifs is 1. The molecular formula is C71H128FN7. The Hall–Kier alpha value is -1.91. The fourth-order valence-electron chi connectivity index (χ4n) is 14.1. The SMILES string of the molecule is CC(C)C1C2CN(C(C)C)CC21.CC(C)N1CC2(C1)CN(C(C)C)C2.CC(C)N1CCC2(C1)CN(C(C)C)C2.CC(C)N1CCC2(CC1)CN(C(C)C)C2.CC(C)c1ccc(C(C)C)c(F)c1.CC(C)c1ccc(C(C)C)cc1. The number of halogens is 1. The Kier molecular flexibility index (Phi) is 25.1. The number of benzene rings is 2. The van der Waals surface area contributed by atoms with Gasteiger partial charge in [0.15, 0.2) is 0 Å². The molecule has 8 heteroatoms. The molecule has 0 radical (unpaired) electrons. The third kappa shape index (κ3) is 18.5. The third-order valence-electron chi connectivity index (χ3n) is 20.4. The first-order chi connectivity index (χ1) is 36.8. The van der Waals surface area contributed by atoms with Crippen LogP contribution in [0.3, 0.4) is 0 Å². The van der Waals surface area contributed by atoms with Gasteiger partial charge in [0.2, 0.25) is 0 Å². The van der Waals surface area contributed by atoms with Gasteiger partial charge in [-0.05, 0) is 217 Å². The summed E-state index contributed by atoms with van der Waals surface area (Å²) in [6, 6.07) is 19.7. The van der Waals surface area contributed by atoms with Crippen molar-refractivity contribution in [1.29, 1.82) is 0 Å². The molecule has 79 heavy (non-hydrogen) atoms. The molecule has 2 unspecified atom stereocenters. The fourth-order valence-corrected chi connectivity index (χ4v) is 14.1. The van der Waals surface area contributed by atoms with E-state index >= 15 is 0 Å². The molecule has 7 saturated heterocycles. The van der Waals surface area contributed by atoms with Gasteiger partial charge in [-0.15, -0.1) is 0 Å². The molecule has 8 aliphatic rings.